The van der Waals surface area contributed by atoms with Gasteiger partial charge in [0.05, 0.1) is 17.9 Å². The highest BCUT2D eigenvalue weighted by atomic mass is 16.3. The summed E-state index contributed by atoms with van der Waals surface area (Å²) in [5.41, 5.74) is 14.4. The SMILES string of the molecule is NC(=NCc1ccccc1)C(N=Nc1ccccc1)C(=O)NCc1ccc(O)c(N)c1. The van der Waals surface area contributed by atoms with Crippen LogP contribution >= 0.6 is 0 Å². The van der Waals surface area contributed by atoms with Gasteiger partial charge in [0.1, 0.15) is 11.6 Å². The van der Waals surface area contributed by atoms with Crippen molar-refractivity contribution in [2.24, 2.45) is 21.0 Å². The van der Waals surface area contributed by atoms with Gasteiger partial charge in [0.25, 0.3) is 5.91 Å². The van der Waals surface area contributed by atoms with Gasteiger partial charge in [-0.2, -0.15) is 10.2 Å². The van der Waals surface area contributed by atoms with Crippen LogP contribution in [0.5, 0.6) is 5.75 Å². The fraction of sp³-hybridized carbons (Fsp3) is 0.130. The second-order valence-electron chi connectivity index (χ2n) is 6.79. The number of hydrogen-bond donors (Lipinski definition) is 4. The number of carbonyl (C=O) groups excluding carboxylic acids is 1. The van der Waals surface area contributed by atoms with E-state index in [0.717, 1.165) is 11.1 Å². The summed E-state index contributed by atoms with van der Waals surface area (Å²) < 4.78 is 0. The topological polar surface area (TPSA) is 138 Å². The summed E-state index contributed by atoms with van der Waals surface area (Å²) in [5, 5.41) is 20.6. The molecule has 0 radical (unpaired) electrons. The Kier molecular flexibility index (Phi) is 7.31. The van der Waals surface area contributed by atoms with Gasteiger partial charge in [-0.25, -0.2) is 0 Å². The number of azo groups is 1. The third-order valence-corrected chi connectivity index (χ3v) is 4.42. The van der Waals surface area contributed by atoms with E-state index in [1.165, 1.54) is 6.07 Å². The number of amides is 1. The number of aliphatic imine (C=N–C) groups is 1. The van der Waals surface area contributed by atoms with Crippen molar-refractivity contribution in [1.29, 1.82) is 0 Å². The lowest BCUT2D eigenvalue weighted by molar-refractivity contribution is -0.121. The Morgan fingerprint density at radius 1 is 0.968 bits per heavy atom. The molecule has 1 atom stereocenters. The van der Waals surface area contributed by atoms with Gasteiger partial charge in [0, 0.05) is 6.54 Å². The Morgan fingerprint density at radius 3 is 2.32 bits per heavy atom. The maximum atomic E-state index is 12.8. The first-order chi connectivity index (χ1) is 15.0. The van der Waals surface area contributed by atoms with Gasteiger partial charge >= 0.3 is 0 Å². The first-order valence-electron chi connectivity index (χ1n) is 9.67. The average Bonchev–Trinajstić information content (AvgIpc) is 2.80. The van der Waals surface area contributed by atoms with Crippen LogP contribution < -0.4 is 16.8 Å². The minimum absolute atomic E-state index is 0.0121. The Hall–Kier alpha value is -4.20. The van der Waals surface area contributed by atoms with Crippen molar-refractivity contribution in [2.45, 2.75) is 19.1 Å². The number of rotatable bonds is 8. The molecular weight excluding hydrogens is 392 g/mol. The fourth-order valence-electron chi connectivity index (χ4n) is 2.72. The van der Waals surface area contributed by atoms with Gasteiger partial charge in [-0.15, -0.1) is 0 Å². The second-order valence-corrected chi connectivity index (χ2v) is 6.79. The molecule has 0 saturated carbocycles. The maximum Gasteiger partial charge on any atom is 0.254 e. The first-order valence-corrected chi connectivity index (χ1v) is 9.67. The summed E-state index contributed by atoms with van der Waals surface area (Å²) in [6, 6.07) is 22.3. The minimum Gasteiger partial charge on any atom is -0.506 e. The molecule has 158 valence electrons. The van der Waals surface area contributed by atoms with Crippen molar-refractivity contribution in [3.8, 4) is 5.75 Å². The third-order valence-electron chi connectivity index (χ3n) is 4.42. The summed E-state index contributed by atoms with van der Waals surface area (Å²) >= 11 is 0. The van der Waals surface area contributed by atoms with Gasteiger partial charge in [-0.3, -0.25) is 9.79 Å². The van der Waals surface area contributed by atoms with Crippen LogP contribution in [0, 0.1) is 0 Å². The van der Waals surface area contributed by atoms with E-state index >= 15 is 0 Å². The Bertz CT molecular complexity index is 1070. The number of aromatic hydroxyl groups is 1. The van der Waals surface area contributed by atoms with Gasteiger partial charge in [0.2, 0.25) is 6.04 Å². The molecule has 0 saturated heterocycles. The molecule has 3 rings (SSSR count). The molecule has 3 aromatic carbocycles. The molecule has 31 heavy (non-hydrogen) atoms. The van der Waals surface area contributed by atoms with Crippen molar-refractivity contribution < 1.29 is 9.90 Å². The highest BCUT2D eigenvalue weighted by Gasteiger charge is 2.22. The van der Waals surface area contributed by atoms with Crippen LogP contribution in [0.1, 0.15) is 11.1 Å². The standard InChI is InChI=1S/C23H24N6O2/c24-19-13-17(11-12-20(19)30)15-27-23(31)21(29-28-18-9-5-2-6-10-18)22(25)26-14-16-7-3-1-4-8-16/h1-13,21,30H,14-15,24H2,(H2,25,26)(H,27,31). The molecule has 0 aliphatic heterocycles. The van der Waals surface area contributed by atoms with Crippen molar-refractivity contribution in [3.63, 3.8) is 0 Å². The Labute approximate surface area is 180 Å². The first kappa shape index (κ1) is 21.5. The number of hydrogen-bond acceptors (Lipinski definition) is 6. The van der Waals surface area contributed by atoms with Crippen molar-refractivity contribution >= 4 is 23.1 Å². The van der Waals surface area contributed by atoms with E-state index in [1.807, 2.05) is 48.5 Å². The van der Waals surface area contributed by atoms with E-state index in [1.54, 1.807) is 24.3 Å². The maximum absolute atomic E-state index is 12.8. The molecule has 6 N–H and O–H groups in total. The number of carbonyl (C=O) groups is 1. The lowest BCUT2D eigenvalue weighted by atomic mass is 10.1. The number of phenols is 1. The molecule has 0 heterocycles. The molecule has 1 amide bonds. The van der Waals surface area contributed by atoms with Gasteiger partial charge in [-0.1, -0.05) is 54.6 Å². The lowest BCUT2D eigenvalue weighted by Crippen LogP contribution is -2.42. The van der Waals surface area contributed by atoms with Crippen molar-refractivity contribution in [1.82, 2.24) is 5.32 Å². The van der Waals surface area contributed by atoms with Crippen LogP contribution in [0.3, 0.4) is 0 Å². The highest BCUT2D eigenvalue weighted by Crippen LogP contribution is 2.20. The number of phenolic OH excluding ortho intramolecular Hbond substituents is 1. The van der Waals surface area contributed by atoms with Crippen LogP contribution in [-0.4, -0.2) is 22.9 Å². The molecule has 8 heteroatoms. The van der Waals surface area contributed by atoms with Crippen LogP contribution in [0.2, 0.25) is 0 Å². The smallest absolute Gasteiger partial charge is 0.254 e. The number of nitrogens with one attached hydrogen (secondary N) is 1. The van der Waals surface area contributed by atoms with E-state index < -0.39 is 11.9 Å². The molecule has 0 aliphatic carbocycles. The van der Waals surface area contributed by atoms with E-state index in [0.29, 0.717) is 12.2 Å². The van der Waals surface area contributed by atoms with E-state index in [-0.39, 0.29) is 23.8 Å². The van der Waals surface area contributed by atoms with Crippen LogP contribution in [0.4, 0.5) is 11.4 Å². The fourth-order valence-corrected chi connectivity index (χ4v) is 2.72. The van der Waals surface area contributed by atoms with Crippen molar-refractivity contribution in [3.05, 3.63) is 90.0 Å². The van der Waals surface area contributed by atoms with E-state index in [9.17, 15) is 9.90 Å². The molecule has 0 fully saturated rings. The second kappa shape index (κ2) is 10.5. The zero-order chi connectivity index (χ0) is 22.1. The van der Waals surface area contributed by atoms with Gasteiger partial charge < -0.3 is 21.9 Å². The third kappa shape index (κ3) is 6.40. The number of nitrogens with zero attached hydrogens (tertiary/aromatic N) is 3. The molecule has 0 bridgehead atoms. The van der Waals surface area contributed by atoms with E-state index in [2.05, 4.69) is 20.5 Å². The van der Waals surface area contributed by atoms with Gasteiger partial charge in [0.15, 0.2) is 0 Å². The number of nitrogen functional groups attached to an aromatic ring is 1. The zero-order valence-electron chi connectivity index (χ0n) is 16.8. The zero-order valence-corrected chi connectivity index (χ0v) is 16.8. The van der Waals surface area contributed by atoms with Gasteiger partial charge in [-0.05, 0) is 35.4 Å². The molecular formula is C23H24N6O2. The molecule has 8 nitrogen and oxygen atoms in total. The predicted molar refractivity (Wildman–Crippen MR) is 121 cm³/mol. The summed E-state index contributed by atoms with van der Waals surface area (Å²) in [5.74, 6) is -0.395. The lowest BCUT2D eigenvalue weighted by Gasteiger charge is -2.12. The summed E-state index contributed by atoms with van der Waals surface area (Å²) in [4.78, 5) is 17.2. The summed E-state index contributed by atoms with van der Waals surface area (Å²) in [7, 11) is 0. The highest BCUT2D eigenvalue weighted by molar-refractivity contribution is 6.06. The minimum atomic E-state index is -1.08. The number of anilines is 1. The molecule has 1 unspecified atom stereocenters. The monoisotopic (exact) mass is 416 g/mol. The Balaban J connectivity index is 1.75. The average molecular weight is 416 g/mol. The Morgan fingerprint density at radius 2 is 1.65 bits per heavy atom. The number of amidine groups is 1. The predicted octanol–water partition coefficient (Wildman–Crippen LogP) is 3.30. The molecule has 0 aromatic heterocycles. The van der Waals surface area contributed by atoms with Crippen LogP contribution in [-0.2, 0) is 17.9 Å². The largest absolute Gasteiger partial charge is 0.506 e. The van der Waals surface area contributed by atoms with Crippen molar-refractivity contribution in [2.75, 3.05) is 5.73 Å². The summed E-state index contributed by atoms with van der Waals surface area (Å²) in [6.45, 7) is 0.512. The van der Waals surface area contributed by atoms with E-state index in [4.69, 9.17) is 11.5 Å². The number of benzene rings is 3. The molecule has 0 aliphatic rings. The quantitative estimate of drug-likeness (QED) is 0.147. The normalized spacial score (nSPS) is 12.6. The molecule has 0 spiro atoms. The molecule has 3 aromatic rings. The number of nitrogens with two attached hydrogens (primary N) is 2. The van der Waals surface area contributed by atoms with Crippen LogP contribution in [0.25, 0.3) is 0 Å². The summed E-state index contributed by atoms with van der Waals surface area (Å²) in [6.07, 6.45) is 0. The van der Waals surface area contributed by atoms with Crippen LogP contribution in [0.15, 0.2) is 94.1 Å².